The van der Waals surface area contributed by atoms with E-state index < -0.39 is 0 Å². The Bertz CT molecular complexity index is 620. The summed E-state index contributed by atoms with van der Waals surface area (Å²) in [6, 6.07) is 16.0. The van der Waals surface area contributed by atoms with Crippen LogP contribution in [0.3, 0.4) is 0 Å². The summed E-state index contributed by atoms with van der Waals surface area (Å²) < 4.78 is 0. The van der Waals surface area contributed by atoms with Crippen molar-refractivity contribution in [3.8, 4) is 11.1 Å². The minimum absolute atomic E-state index is 0.125. The van der Waals surface area contributed by atoms with E-state index in [0.29, 0.717) is 0 Å². The summed E-state index contributed by atoms with van der Waals surface area (Å²) in [7, 11) is 2.10. The monoisotopic (exact) mass is 283 g/mol. The van der Waals surface area contributed by atoms with Crippen LogP contribution < -0.4 is 5.73 Å². The molecule has 0 fully saturated rings. The maximum Gasteiger partial charge on any atom is 0.170 e. The van der Waals surface area contributed by atoms with Crippen molar-refractivity contribution in [1.82, 2.24) is 4.90 Å². The Balaban J connectivity index is 2.31. The van der Waals surface area contributed by atoms with E-state index in [1.807, 2.05) is 24.3 Å². The molecule has 0 aliphatic rings. The van der Waals surface area contributed by atoms with Crippen LogP contribution in [0.5, 0.6) is 0 Å². The molecule has 0 saturated carbocycles. The van der Waals surface area contributed by atoms with Gasteiger partial charge in [0.2, 0.25) is 0 Å². The first-order valence-electron chi connectivity index (χ1n) is 7.00. The van der Waals surface area contributed by atoms with Gasteiger partial charge in [-0.2, -0.15) is 0 Å². The van der Waals surface area contributed by atoms with Gasteiger partial charge in [0.1, 0.15) is 0 Å². The maximum atomic E-state index is 8.89. The first kappa shape index (κ1) is 15.1. The molecule has 0 heterocycles. The zero-order chi connectivity index (χ0) is 15.2. The van der Waals surface area contributed by atoms with E-state index in [-0.39, 0.29) is 5.84 Å². The zero-order valence-electron chi connectivity index (χ0n) is 12.5. The topological polar surface area (TPSA) is 61.8 Å². The van der Waals surface area contributed by atoms with Crippen LogP contribution in [0.2, 0.25) is 0 Å². The molecule has 0 radical (unpaired) electrons. The van der Waals surface area contributed by atoms with Crippen LogP contribution in [0.25, 0.3) is 11.1 Å². The summed E-state index contributed by atoms with van der Waals surface area (Å²) in [5.74, 6) is 0.125. The second-order valence-electron chi connectivity index (χ2n) is 5.06. The van der Waals surface area contributed by atoms with Crippen molar-refractivity contribution in [2.45, 2.75) is 13.5 Å². The van der Waals surface area contributed by atoms with Crippen molar-refractivity contribution in [1.29, 1.82) is 0 Å². The van der Waals surface area contributed by atoms with E-state index in [9.17, 15) is 0 Å². The lowest BCUT2D eigenvalue weighted by molar-refractivity contribution is 0.318. The van der Waals surface area contributed by atoms with Gasteiger partial charge in [0.05, 0.1) is 0 Å². The van der Waals surface area contributed by atoms with Gasteiger partial charge in [-0.25, -0.2) is 0 Å². The van der Waals surface area contributed by atoms with Crippen LogP contribution in [0.4, 0.5) is 0 Å². The molecular formula is C17H21N3O. The average molecular weight is 283 g/mol. The first-order valence-corrected chi connectivity index (χ1v) is 7.00. The fourth-order valence-corrected chi connectivity index (χ4v) is 2.23. The summed E-state index contributed by atoms with van der Waals surface area (Å²) in [6.07, 6.45) is 0. The Morgan fingerprint density at radius 1 is 1.14 bits per heavy atom. The quantitative estimate of drug-likeness (QED) is 0.384. The molecule has 0 aliphatic carbocycles. The highest BCUT2D eigenvalue weighted by molar-refractivity contribution is 6.03. The van der Waals surface area contributed by atoms with Gasteiger partial charge in [0.25, 0.3) is 0 Å². The predicted molar refractivity (Wildman–Crippen MR) is 86.4 cm³/mol. The zero-order valence-corrected chi connectivity index (χ0v) is 12.5. The van der Waals surface area contributed by atoms with Gasteiger partial charge in [-0.3, -0.25) is 0 Å². The van der Waals surface area contributed by atoms with E-state index >= 15 is 0 Å². The molecule has 0 aliphatic heterocycles. The Morgan fingerprint density at radius 3 is 2.43 bits per heavy atom. The summed E-state index contributed by atoms with van der Waals surface area (Å²) in [5.41, 5.74) is 9.76. The second-order valence-corrected chi connectivity index (χ2v) is 5.06. The van der Waals surface area contributed by atoms with Crippen molar-refractivity contribution in [3.63, 3.8) is 0 Å². The van der Waals surface area contributed by atoms with Gasteiger partial charge in [-0.15, -0.1) is 0 Å². The van der Waals surface area contributed by atoms with Gasteiger partial charge in [0, 0.05) is 12.1 Å². The Labute approximate surface area is 125 Å². The molecule has 0 saturated heterocycles. The molecule has 4 heteroatoms. The third-order valence-electron chi connectivity index (χ3n) is 3.57. The Hall–Kier alpha value is -2.33. The van der Waals surface area contributed by atoms with Gasteiger partial charge in [-0.05, 0) is 30.3 Å². The smallest absolute Gasteiger partial charge is 0.170 e. The fourth-order valence-electron chi connectivity index (χ4n) is 2.23. The minimum atomic E-state index is 0.125. The van der Waals surface area contributed by atoms with Crippen LogP contribution in [0.15, 0.2) is 53.7 Å². The molecule has 3 N–H and O–H groups in total. The molecule has 0 amide bonds. The first-order chi connectivity index (χ1) is 10.2. The molecule has 21 heavy (non-hydrogen) atoms. The normalized spacial score (nSPS) is 11.9. The highest BCUT2D eigenvalue weighted by Crippen LogP contribution is 2.24. The standard InChI is InChI=1S/C17H21N3O/c1-3-20(2)12-13-8-10-14(11-9-13)15-6-4-5-7-16(15)17(18)19-21/h4-11,21H,3,12H2,1-2H3,(H2,18,19). The molecule has 0 spiro atoms. The van der Waals surface area contributed by atoms with Gasteiger partial charge in [0.15, 0.2) is 5.84 Å². The SMILES string of the molecule is CCN(C)Cc1ccc(-c2ccccc2/C(N)=N/O)cc1. The average Bonchev–Trinajstić information content (AvgIpc) is 2.54. The molecule has 0 atom stereocenters. The molecule has 2 rings (SSSR count). The highest BCUT2D eigenvalue weighted by atomic mass is 16.4. The fraction of sp³-hybridized carbons (Fsp3) is 0.235. The molecule has 2 aromatic carbocycles. The summed E-state index contributed by atoms with van der Waals surface area (Å²) in [4.78, 5) is 2.25. The lowest BCUT2D eigenvalue weighted by atomic mass is 9.98. The van der Waals surface area contributed by atoms with Crippen molar-refractivity contribution in [2.24, 2.45) is 10.9 Å². The lowest BCUT2D eigenvalue weighted by Crippen LogP contribution is -2.16. The van der Waals surface area contributed by atoms with Gasteiger partial charge < -0.3 is 15.8 Å². The van der Waals surface area contributed by atoms with E-state index in [2.05, 4.69) is 48.3 Å². The Morgan fingerprint density at radius 2 is 1.81 bits per heavy atom. The van der Waals surface area contributed by atoms with Crippen molar-refractivity contribution in [3.05, 3.63) is 59.7 Å². The summed E-state index contributed by atoms with van der Waals surface area (Å²) in [5, 5.41) is 12.0. The molecular weight excluding hydrogens is 262 g/mol. The highest BCUT2D eigenvalue weighted by Gasteiger charge is 2.08. The number of nitrogens with two attached hydrogens (primary N) is 1. The number of hydrogen-bond donors (Lipinski definition) is 2. The number of amidine groups is 1. The molecule has 2 aromatic rings. The number of benzene rings is 2. The van der Waals surface area contributed by atoms with E-state index in [4.69, 9.17) is 10.9 Å². The van der Waals surface area contributed by atoms with Crippen LogP contribution in [-0.4, -0.2) is 29.5 Å². The van der Waals surface area contributed by atoms with Crippen molar-refractivity contribution < 1.29 is 5.21 Å². The van der Waals surface area contributed by atoms with Crippen LogP contribution in [0, 0.1) is 0 Å². The van der Waals surface area contributed by atoms with E-state index in [1.54, 1.807) is 0 Å². The number of rotatable bonds is 5. The van der Waals surface area contributed by atoms with Crippen LogP contribution in [-0.2, 0) is 6.54 Å². The van der Waals surface area contributed by atoms with Gasteiger partial charge >= 0.3 is 0 Å². The third-order valence-corrected chi connectivity index (χ3v) is 3.57. The largest absolute Gasteiger partial charge is 0.409 e. The molecule has 110 valence electrons. The van der Waals surface area contributed by atoms with Crippen LogP contribution >= 0.6 is 0 Å². The second kappa shape index (κ2) is 6.90. The van der Waals surface area contributed by atoms with E-state index in [0.717, 1.165) is 29.8 Å². The Kier molecular flexibility index (Phi) is 4.95. The number of oxime groups is 1. The molecule has 0 aromatic heterocycles. The number of hydrogen-bond acceptors (Lipinski definition) is 3. The summed E-state index contributed by atoms with van der Waals surface area (Å²) >= 11 is 0. The van der Waals surface area contributed by atoms with Crippen LogP contribution in [0.1, 0.15) is 18.1 Å². The summed E-state index contributed by atoms with van der Waals surface area (Å²) in [6.45, 7) is 4.09. The van der Waals surface area contributed by atoms with Crippen molar-refractivity contribution >= 4 is 5.84 Å². The van der Waals surface area contributed by atoms with Crippen molar-refractivity contribution in [2.75, 3.05) is 13.6 Å². The lowest BCUT2D eigenvalue weighted by Gasteiger charge is -2.14. The maximum absolute atomic E-state index is 8.89. The van der Waals surface area contributed by atoms with Gasteiger partial charge in [-0.1, -0.05) is 60.6 Å². The van der Waals surface area contributed by atoms with E-state index in [1.165, 1.54) is 5.56 Å². The number of nitrogens with zero attached hydrogens (tertiary/aromatic N) is 2. The minimum Gasteiger partial charge on any atom is -0.409 e. The molecule has 0 unspecified atom stereocenters. The third kappa shape index (κ3) is 3.61. The predicted octanol–water partition coefficient (Wildman–Crippen LogP) is 2.90. The molecule has 0 bridgehead atoms. The molecule has 4 nitrogen and oxygen atoms in total.